The molecule has 13 aromatic rings. The number of rotatable bonds is 7. The molecule has 0 aliphatic carbocycles. The minimum Gasteiger partial charge on any atom is -0.292 e. The molecule has 67 heavy (non-hydrogen) atoms. The Morgan fingerprint density at radius 3 is 1.58 bits per heavy atom. The van der Waals surface area contributed by atoms with E-state index < -0.39 is 0 Å². The van der Waals surface area contributed by atoms with Gasteiger partial charge in [0.15, 0.2) is 17.5 Å². The van der Waals surface area contributed by atoms with Gasteiger partial charge in [0, 0.05) is 44.3 Å². The molecule has 0 bridgehead atoms. The third-order valence-electron chi connectivity index (χ3n) is 12.6. The molecular formula is C60H37N7. The molecule has 0 spiro atoms. The van der Waals surface area contributed by atoms with Crippen molar-refractivity contribution in [3.8, 4) is 73.9 Å². The average molecular weight is 856 g/mol. The predicted molar refractivity (Wildman–Crippen MR) is 273 cm³/mol. The number of para-hydroxylation sites is 2. The van der Waals surface area contributed by atoms with Crippen LogP contribution in [0.15, 0.2) is 224 Å². The number of hydrogen-bond donors (Lipinski definition) is 0. The molecule has 0 radical (unpaired) electrons. The van der Waals surface area contributed by atoms with Crippen LogP contribution in [0.25, 0.3) is 128 Å². The summed E-state index contributed by atoms with van der Waals surface area (Å²) in [6.45, 7) is 0. The Hall–Kier alpha value is -9.20. The zero-order valence-corrected chi connectivity index (χ0v) is 36.0. The Bertz CT molecular complexity index is 3940. The summed E-state index contributed by atoms with van der Waals surface area (Å²) in [5, 5.41) is 7.75. The normalized spacial score (nSPS) is 11.6. The molecule has 0 fully saturated rings. The first-order valence-corrected chi connectivity index (χ1v) is 22.4. The second-order valence-corrected chi connectivity index (χ2v) is 16.7. The fourth-order valence-corrected chi connectivity index (χ4v) is 9.34. The minimum absolute atomic E-state index is 0.500. The van der Waals surface area contributed by atoms with Crippen molar-refractivity contribution < 1.29 is 0 Å². The molecule has 9 aromatic carbocycles. The molecule has 0 aliphatic rings. The summed E-state index contributed by atoms with van der Waals surface area (Å²) in [6.07, 6.45) is 0. The van der Waals surface area contributed by atoms with E-state index in [0.29, 0.717) is 23.2 Å². The summed E-state index contributed by atoms with van der Waals surface area (Å²) >= 11 is 0. The Morgan fingerprint density at radius 2 is 0.881 bits per heavy atom. The molecule has 4 heterocycles. The first kappa shape index (κ1) is 38.3. The standard InChI is InChI=1S/C60H37N7/c1-3-16-42(17-4-1)60-63-56-53(67(60)47-20-5-2-6-21-47)35-34-49-48-22-11-12-23-51(48)62-55(54(49)56)41-30-28-40(29-31-41)50-24-13-25-52(61-50)59-65-57(45-32-26-38-14-7-9-18-43(38)36-45)64-58(66-59)46-33-27-39-15-8-10-19-44(39)37-46/h1-37H. The van der Waals surface area contributed by atoms with Crippen molar-refractivity contribution in [2.24, 2.45) is 0 Å². The number of nitrogens with zero attached hydrogens (tertiary/aromatic N) is 7. The lowest BCUT2D eigenvalue weighted by Gasteiger charge is -2.13. The van der Waals surface area contributed by atoms with Crippen molar-refractivity contribution in [1.82, 2.24) is 34.5 Å². The maximum Gasteiger partial charge on any atom is 0.182 e. The molecule has 0 unspecified atom stereocenters. The maximum absolute atomic E-state index is 5.46. The average Bonchev–Trinajstić information content (AvgIpc) is 3.81. The number of fused-ring (bicyclic) bond motifs is 7. The van der Waals surface area contributed by atoms with E-state index in [0.717, 1.165) is 105 Å². The summed E-state index contributed by atoms with van der Waals surface area (Å²) in [5.41, 5.74) is 11.0. The minimum atomic E-state index is 0.500. The molecule has 4 aromatic heterocycles. The van der Waals surface area contributed by atoms with E-state index in [9.17, 15) is 0 Å². The molecule has 312 valence electrons. The van der Waals surface area contributed by atoms with Crippen molar-refractivity contribution in [1.29, 1.82) is 0 Å². The van der Waals surface area contributed by atoms with Gasteiger partial charge in [-0.1, -0.05) is 176 Å². The van der Waals surface area contributed by atoms with Gasteiger partial charge in [-0.2, -0.15) is 0 Å². The molecule has 0 atom stereocenters. The van der Waals surface area contributed by atoms with E-state index >= 15 is 0 Å². The van der Waals surface area contributed by atoms with Crippen molar-refractivity contribution in [2.45, 2.75) is 0 Å². The fourth-order valence-electron chi connectivity index (χ4n) is 9.34. The molecule has 0 amide bonds. The van der Waals surface area contributed by atoms with Crippen molar-refractivity contribution in [3.63, 3.8) is 0 Å². The van der Waals surface area contributed by atoms with Gasteiger partial charge in [-0.15, -0.1) is 0 Å². The second-order valence-electron chi connectivity index (χ2n) is 16.7. The highest BCUT2D eigenvalue weighted by atomic mass is 15.1. The van der Waals surface area contributed by atoms with Gasteiger partial charge >= 0.3 is 0 Å². The monoisotopic (exact) mass is 855 g/mol. The summed E-state index contributed by atoms with van der Waals surface area (Å²) in [6, 6.07) is 77.5. The third-order valence-corrected chi connectivity index (χ3v) is 12.6. The molecule has 0 aliphatic heterocycles. The Morgan fingerprint density at radius 1 is 0.313 bits per heavy atom. The fraction of sp³-hybridized carbons (Fsp3) is 0. The van der Waals surface area contributed by atoms with Gasteiger partial charge < -0.3 is 0 Å². The molecule has 7 heteroatoms. The SMILES string of the molecule is c1ccc(-c2nc3c4c(-c5ccc(-c6cccc(-c7nc(-c8ccc9ccccc9c8)nc(-c8ccc9ccccc9c8)n7)n6)cc5)nc5ccccc5c4ccc3n2-c2ccccc2)cc1. The van der Waals surface area contributed by atoms with E-state index in [1.165, 1.54) is 0 Å². The summed E-state index contributed by atoms with van der Waals surface area (Å²) < 4.78 is 2.26. The van der Waals surface area contributed by atoms with Gasteiger partial charge in [0.2, 0.25) is 0 Å². The van der Waals surface area contributed by atoms with Crippen LogP contribution in [0.4, 0.5) is 0 Å². The lowest BCUT2D eigenvalue weighted by atomic mass is 9.97. The van der Waals surface area contributed by atoms with Gasteiger partial charge in [0.25, 0.3) is 0 Å². The van der Waals surface area contributed by atoms with Crippen LogP contribution < -0.4 is 0 Å². The highest BCUT2D eigenvalue weighted by Crippen LogP contribution is 2.40. The van der Waals surface area contributed by atoms with E-state index in [1.54, 1.807) is 0 Å². The lowest BCUT2D eigenvalue weighted by molar-refractivity contribution is 1.06. The van der Waals surface area contributed by atoms with Crippen LogP contribution in [-0.2, 0) is 0 Å². The smallest absolute Gasteiger partial charge is 0.182 e. The molecule has 0 saturated heterocycles. The van der Waals surface area contributed by atoms with Crippen molar-refractivity contribution in [2.75, 3.05) is 0 Å². The van der Waals surface area contributed by atoms with Crippen LogP contribution >= 0.6 is 0 Å². The maximum atomic E-state index is 5.46. The summed E-state index contributed by atoms with van der Waals surface area (Å²) in [7, 11) is 0. The Labute approximate surface area is 385 Å². The molecule has 0 N–H and O–H groups in total. The van der Waals surface area contributed by atoms with Gasteiger partial charge in [-0.05, 0) is 75.5 Å². The molecular weight excluding hydrogens is 819 g/mol. The van der Waals surface area contributed by atoms with Crippen LogP contribution in [0.2, 0.25) is 0 Å². The second kappa shape index (κ2) is 15.8. The first-order valence-electron chi connectivity index (χ1n) is 22.4. The highest BCUT2D eigenvalue weighted by Gasteiger charge is 2.21. The zero-order valence-electron chi connectivity index (χ0n) is 36.0. The highest BCUT2D eigenvalue weighted by molar-refractivity contribution is 6.20. The number of aromatic nitrogens is 7. The van der Waals surface area contributed by atoms with Gasteiger partial charge in [0.05, 0.1) is 27.9 Å². The van der Waals surface area contributed by atoms with Crippen LogP contribution in [0, 0.1) is 0 Å². The number of benzene rings is 9. The van der Waals surface area contributed by atoms with E-state index in [1.807, 2.05) is 36.4 Å². The summed E-state index contributed by atoms with van der Waals surface area (Å²) in [5.74, 6) is 2.55. The summed E-state index contributed by atoms with van der Waals surface area (Å²) in [4.78, 5) is 31.3. The number of pyridine rings is 2. The van der Waals surface area contributed by atoms with Gasteiger partial charge in [-0.3, -0.25) is 4.57 Å². The van der Waals surface area contributed by atoms with E-state index in [2.05, 4.69) is 193 Å². The van der Waals surface area contributed by atoms with E-state index in [-0.39, 0.29) is 0 Å². The van der Waals surface area contributed by atoms with Gasteiger partial charge in [0.1, 0.15) is 11.5 Å². The molecule has 13 rings (SSSR count). The third kappa shape index (κ3) is 6.76. The Kier molecular flexibility index (Phi) is 9.03. The molecule has 7 nitrogen and oxygen atoms in total. The predicted octanol–water partition coefficient (Wildman–Crippen LogP) is 14.6. The largest absolute Gasteiger partial charge is 0.292 e. The van der Waals surface area contributed by atoms with Crippen molar-refractivity contribution >= 4 is 54.3 Å². The van der Waals surface area contributed by atoms with Crippen LogP contribution in [0.3, 0.4) is 0 Å². The van der Waals surface area contributed by atoms with Gasteiger partial charge in [-0.25, -0.2) is 29.9 Å². The molecule has 0 saturated carbocycles. The van der Waals surface area contributed by atoms with E-state index in [4.69, 9.17) is 29.9 Å². The number of hydrogen-bond acceptors (Lipinski definition) is 6. The first-order chi connectivity index (χ1) is 33.2. The zero-order chi connectivity index (χ0) is 44.3. The Balaban J connectivity index is 0.934. The quantitative estimate of drug-likeness (QED) is 0.149. The number of imidazole rings is 1. The lowest BCUT2D eigenvalue weighted by Crippen LogP contribution is -2.01. The van der Waals surface area contributed by atoms with Crippen LogP contribution in [0.1, 0.15) is 0 Å². The van der Waals surface area contributed by atoms with Crippen LogP contribution in [0.5, 0.6) is 0 Å². The van der Waals surface area contributed by atoms with Crippen molar-refractivity contribution in [3.05, 3.63) is 224 Å². The topological polar surface area (TPSA) is 82.3 Å². The van der Waals surface area contributed by atoms with Crippen LogP contribution in [-0.4, -0.2) is 34.5 Å².